The fraction of sp³-hybridized carbons (Fsp3) is 0.348. The molecule has 0 aliphatic carbocycles. The number of nitrogens with one attached hydrogen (secondary N) is 1. The molecule has 1 atom stereocenters. The van der Waals surface area contributed by atoms with E-state index in [0.29, 0.717) is 37.7 Å². The van der Waals surface area contributed by atoms with Crippen LogP contribution in [-0.2, 0) is 4.74 Å². The van der Waals surface area contributed by atoms with Crippen molar-refractivity contribution in [2.24, 2.45) is 0 Å². The quantitative estimate of drug-likeness (QED) is 0.660. The zero-order valence-electron chi connectivity index (χ0n) is 16.8. The van der Waals surface area contributed by atoms with E-state index in [1.54, 1.807) is 37.5 Å². The number of nitrogens with zero attached hydrogens (tertiary/aromatic N) is 1. The number of morpholine rings is 1. The second kappa shape index (κ2) is 10.6. The summed E-state index contributed by atoms with van der Waals surface area (Å²) in [5.41, 5.74) is 1.74. The molecule has 3 rings (SSSR count). The van der Waals surface area contributed by atoms with Crippen LogP contribution in [0, 0.1) is 0 Å². The number of carbonyl (C=O) groups excluding carboxylic acids is 1. The molecule has 0 unspecified atom stereocenters. The molecule has 1 saturated heterocycles. The number of methoxy groups -OCH3 is 1. The largest absolute Gasteiger partial charge is 0.497 e. The Balaban J connectivity index is 1.66. The van der Waals surface area contributed by atoms with E-state index in [4.69, 9.17) is 14.2 Å². The zero-order chi connectivity index (χ0) is 20.5. The molecule has 1 fully saturated rings. The molecule has 154 valence electrons. The van der Waals surface area contributed by atoms with Crippen LogP contribution in [0.25, 0.3) is 0 Å². The first-order valence-corrected chi connectivity index (χ1v) is 9.79. The molecule has 2 aromatic carbocycles. The molecule has 6 heteroatoms. The third kappa shape index (κ3) is 5.82. The van der Waals surface area contributed by atoms with Gasteiger partial charge in [-0.25, -0.2) is 0 Å². The molecule has 1 heterocycles. The molecule has 1 amide bonds. The Morgan fingerprint density at radius 3 is 2.41 bits per heavy atom. The van der Waals surface area contributed by atoms with Crippen molar-refractivity contribution in [2.75, 3.05) is 46.6 Å². The molecule has 0 bridgehead atoms. The maximum Gasteiger partial charge on any atom is 0.251 e. The van der Waals surface area contributed by atoms with Crippen LogP contribution in [0.4, 0.5) is 0 Å². The van der Waals surface area contributed by atoms with Crippen LogP contribution in [0.3, 0.4) is 0 Å². The van der Waals surface area contributed by atoms with Crippen molar-refractivity contribution in [2.45, 2.75) is 6.04 Å². The molecule has 1 N–H and O–H groups in total. The van der Waals surface area contributed by atoms with Gasteiger partial charge in [-0.15, -0.1) is 0 Å². The van der Waals surface area contributed by atoms with E-state index in [-0.39, 0.29) is 11.9 Å². The lowest BCUT2D eigenvalue weighted by Crippen LogP contribution is -2.43. The van der Waals surface area contributed by atoms with E-state index in [0.717, 1.165) is 24.4 Å². The first kappa shape index (κ1) is 20.9. The number of ether oxygens (including phenoxy) is 3. The summed E-state index contributed by atoms with van der Waals surface area (Å²) < 4.78 is 16.2. The smallest absolute Gasteiger partial charge is 0.251 e. The normalized spacial score (nSPS) is 15.3. The standard InChI is InChI=1S/C23H28N2O4/c1-3-14-29-21-10-6-19(7-11-21)23(26)24-17-22(25-12-15-28-16-13-25)18-4-8-20(27-2)9-5-18/h3-11,22H,1,12-17H2,2H3,(H,24,26)/t22-/m1/s1. The van der Waals surface area contributed by atoms with Gasteiger partial charge in [0, 0.05) is 25.2 Å². The topological polar surface area (TPSA) is 60.0 Å². The van der Waals surface area contributed by atoms with Gasteiger partial charge in [-0.05, 0) is 42.0 Å². The minimum absolute atomic E-state index is 0.0731. The van der Waals surface area contributed by atoms with E-state index < -0.39 is 0 Å². The highest BCUT2D eigenvalue weighted by Crippen LogP contribution is 2.24. The van der Waals surface area contributed by atoms with Gasteiger partial charge in [-0.3, -0.25) is 9.69 Å². The Kier molecular flexibility index (Phi) is 7.67. The minimum atomic E-state index is -0.105. The monoisotopic (exact) mass is 396 g/mol. The first-order valence-electron chi connectivity index (χ1n) is 9.79. The van der Waals surface area contributed by atoms with Crippen LogP contribution in [-0.4, -0.2) is 57.4 Å². The van der Waals surface area contributed by atoms with Crippen molar-refractivity contribution >= 4 is 5.91 Å². The summed E-state index contributed by atoms with van der Waals surface area (Å²) in [7, 11) is 1.66. The maximum atomic E-state index is 12.7. The fourth-order valence-corrected chi connectivity index (χ4v) is 3.32. The predicted molar refractivity (Wildman–Crippen MR) is 113 cm³/mol. The third-order valence-electron chi connectivity index (χ3n) is 4.93. The Morgan fingerprint density at radius 1 is 1.14 bits per heavy atom. The molecule has 1 aliphatic rings. The second-order valence-electron chi connectivity index (χ2n) is 6.77. The number of hydrogen-bond donors (Lipinski definition) is 1. The number of hydrogen-bond acceptors (Lipinski definition) is 5. The lowest BCUT2D eigenvalue weighted by molar-refractivity contribution is 0.0162. The molecular formula is C23H28N2O4. The highest BCUT2D eigenvalue weighted by molar-refractivity contribution is 5.94. The van der Waals surface area contributed by atoms with Crippen LogP contribution in [0.5, 0.6) is 11.5 Å². The van der Waals surface area contributed by atoms with Crippen LogP contribution >= 0.6 is 0 Å². The number of carbonyl (C=O) groups is 1. The molecule has 6 nitrogen and oxygen atoms in total. The van der Waals surface area contributed by atoms with Crippen LogP contribution in [0.15, 0.2) is 61.2 Å². The van der Waals surface area contributed by atoms with Crippen LogP contribution in [0.2, 0.25) is 0 Å². The van der Waals surface area contributed by atoms with Crippen molar-refractivity contribution in [3.8, 4) is 11.5 Å². The first-order chi connectivity index (χ1) is 14.2. The van der Waals surface area contributed by atoms with E-state index in [9.17, 15) is 4.79 Å². The molecule has 29 heavy (non-hydrogen) atoms. The van der Waals surface area contributed by atoms with Gasteiger partial charge in [0.1, 0.15) is 18.1 Å². The van der Waals surface area contributed by atoms with Gasteiger partial charge in [0.05, 0.1) is 26.4 Å². The fourth-order valence-electron chi connectivity index (χ4n) is 3.32. The Hall–Kier alpha value is -2.83. The van der Waals surface area contributed by atoms with Gasteiger partial charge in [-0.2, -0.15) is 0 Å². The van der Waals surface area contributed by atoms with Crippen LogP contribution < -0.4 is 14.8 Å². The number of rotatable bonds is 9. The molecular weight excluding hydrogens is 368 g/mol. The van der Waals surface area contributed by atoms with Crippen molar-refractivity contribution in [1.82, 2.24) is 10.2 Å². The SMILES string of the molecule is C=CCOc1ccc(C(=O)NC[C@H](c2ccc(OC)cc2)N2CCOCC2)cc1. The molecule has 0 spiro atoms. The van der Waals surface area contributed by atoms with Gasteiger partial charge in [0.15, 0.2) is 0 Å². The van der Waals surface area contributed by atoms with Gasteiger partial charge in [0.25, 0.3) is 5.91 Å². The lowest BCUT2D eigenvalue weighted by Gasteiger charge is -2.35. The molecule has 0 aromatic heterocycles. The van der Waals surface area contributed by atoms with Gasteiger partial charge >= 0.3 is 0 Å². The molecule has 0 saturated carbocycles. The maximum absolute atomic E-state index is 12.7. The highest BCUT2D eigenvalue weighted by atomic mass is 16.5. The Bertz CT molecular complexity index is 784. The van der Waals surface area contributed by atoms with E-state index in [1.165, 1.54) is 0 Å². The summed E-state index contributed by atoms with van der Waals surface area (Å²) in [6.45, 7) is 7.65. The summed E-state index contributed by atoms with van der Waals surface area (Å²) in [5.74, 6) is 1.43. The van der Waals surface area contributed by atoms with E-state index in [1.807, 2.05) is 12.1 Å². The van der Waals surface area contributed by atoms with Crippen LogP contribution in [0.1, 0.15) is 22.0 Å². The molecule has 0 radical (unpaired) electrons. The summed E-state index contributed by atoms with van der Waals surface area (Å²) in [6, 6.07) is 15.2. The average molecular weight is 396 g/mol. The summed E-state index contributed by atoms with van der Waals surface area (Å²) in [4.78, 5) is 15.0. The van der Waals surface area contributed by atoms with Crippen molar-refractivity contribution in [3.05, 3.63) is 72.3 Å². The molecule has 1 aliphatic heterocycles. The predicted octanol–water partition coefficient (Wildman–Crippen LogP) is 3.06. The minimum Gasteiger partial charge on any atom is -0.497 e. The Morgan fingerprint density at radius 2 is 1.79 bits per heavy atom. The van der Waals surface area contributed by atoms with Gasteiger partial charge in [0.2, 0.25) is 0 Å². The highest BCUT2D eigenvalue weighted by Gasteiger charge is 2.23. The summed E-state index contributed by atoms with van der Waals surface area (Å²) in [5, 5.41) is 3.08. The van der Waals surface area contributed by atoms with Crippen molar-refractivity contribution < 1.29 is 19.0 Å². The number of amides is 1. The van der Waals surface area contributed by atoms with Crippen molar-refractivity contribution in [1.29, 1.82) is 0 Å². The van der Waals surface area contributed by atoms with Gasteiger partial charge in [-0.1, -0.05) is 24.8 Å². The Labute approximate surface area is 172 Å². The van der Waals surface area contributed by atoms with Crippen molar-refractivity contribution in [3.63, 3.8) is 0 Å². The second-order valence-corrected chi connectivity index (χ2v) is 6.77. The zero-order valence-corrected chi connectivity index (χ0v) is 16.8. The summed E-state index contributed by atoms with van der Waals surface area (Å²) in [6.07, 6.45) is 1.69. The van der Waals surface area contributed by atoms with E-state index in [2.05, 4.69) is 28.9 Å². The average Bonchev–Trinajstić information content (AvgIpc) is 2.79. The van der Waals surface area contributed by atoms with Gasteiger partial charge < -0.3 is 19.5 Å². The lowest BCUT2D eigenvalue weighted by atomic mass is 10.0. The molecule has 2 aromatic rings. The number of benzene rings is 2. The third-order valence-corrected chi connectivity index (χ3v) is 4.93. The summed E-state index contributed by atoms with van der Waals surface area (Å²) >= 11 is 0. The van der Waals surface area contributed by atoms with E-state index >= 15 is 0 Å².